The van der Waals surface area contributed by atoms with E-state index in [0.29, 0.717) is 0 Å². The number of aromatic nitrogens is 2. The molecule has 0 bridgehead atoms. The van der Waals surface area contributed by atoms with Crippen molar-refractivity contribution < 1.29 is 0 Å². The van der Waals surface area contributed by atoms with Crippen molar-refractivity contribution in [2.45, 2.75) is 25.4 Å². The number of hydrogen-bond acceptors (Lipinski definition) is 4. The number of nitrogens with one attached hydrogen (secondary N) is 1. The van der Waals surface area contributed by atoms with E-state index in [9.17, 15) is 0 Å². The summed E-state index contributed by atoms with van der Waals surface area (Å²) in [6, 6.07) is 12.7. The summed E-state index contributed by atoms with van der Waals surface area (Å²) < 4.78 is 0. The molecule has 4 nitrogen and oxygen atoms in total. The average Bonchev–Trinajstić information content (AvgIpc) is 2.72. The molecule has 1 aliphatic heterocycles. The van der Waals surface area contributed by atoms with Gasteiger partial charge in [-0.2, -0.15) is 0 Å². The van der Waals surface area contributed by atoms with Crippen LogP contribution in [0.15, 0.2) is 48.9 Å². The van der Waals surface area contributed by atoms with Gasteiger partial charge in [0.05, 0.1) is 11.2 Å². The molecule has 0 aliphatic carbocycles. The highest BCUT2D eigenvalue weighted by Crippen LogP contribution is 2.24. The van der Waals surface area contributed by atoms with Gasteiger partial charge in [-0.05, 0) is 38.1 Å². The summed E-state index contributed by atoms with van der Waals surface area (Å²) in [6.45, 7) is 6.30. The molecule has 1 atom stereocenters. The minimum atomic E-state index is -0.00914. The highest BCUT2D eigenvalue weighted by molar-refractivity contribution is 5.24. The third kappa shape index (κ3) is 3.46. The van der Waals surface area contributed by atoms with E-state index in [1.165, 1.54) is 5.56 Å². The molecule has 1 N–H and O–H groups in total. The molecular formula is C17H22N4. The molecule has 4 heteroatoms. The molecule has 0 saturated carbocycles. The fourth-order valence-electron chi connectivity index (χ4n) is 3.02. The van der Waals surface area contributed by atoms with Crippen LogP contribution in [-0.4, -0.2) is 34.5 Å². The van der Waals surface area contributed by atoms with Crippen molar-refractivity contribution in [1.29, 1.82) is 0 Å². The lowest BCUT2D eigenvalue weighted by Crippen LogP contribution is -2.46. The fraction of sp³-hybridized carbons (Fsp3) is 0.412. The van der Waals surface area contributed by atoms with E-state index in [2.05, 4.69) is 57.4 Å². The standard InChI is InChI=1S/C17H22N4/c1-17(15-6-3-2-4-7-15)13-21(11-5-9-20-17)12-16-8-10-18-14-19-16/h2-4,6-8,10,14,20H,5,9,11-13H2,1H3. The summed E-state index contributed by atoms with van der Waals surface area (Å²) in [6.07, 6.45) is 4.60. The monoisotopic (exact) mass is 282 g/mol. The van der Waals surface area contributed by atoms with Crippen LogP contribution >= 0.6 is 0 Å². The first kappa shape index (κ1) is 14.2. The van der Waals surface area contributed by atoms with Crippen LogP contribution in [0.1, 0.15) is 24.6 Å². The number of rotatable bonds is 3. The minimum Gasteiger partial charge on any atom is -0.307 e. The van der Waals surface area contributed by atoms with Gasteiger partial charge in [-0.1, -0.05) is 30.3 Å². The summed E-state index contributed by atoms with van der Waals surface area (Å²) >= 11 is 0. The largest absolute Gasteiger partial charge is 0.307 e. The highest BCUT2D eigenvalue weighted by atomic mass is 15.2. The Bertz CT molecular complexity index is 558. The zero-order valence-corrected chi connectivity index (χ0v) is 12.5. The quantitative estimate of drug-likeness (QED) is 0.937. The number of nitrogens with zero attached hydrogens (tertiary/aromatic N) is 3. The summed E-state index contributed by atoms with van der Waals surface area (Å²) in [5, 5.41) is 3.72. The molecule has 21 heavy (non-hydrogen) atoms. The van der Waals surface area contributed by atoms with Gasteiger partial charge >= 0.3 is 0 Å². The van der Waals surface area contributed by atoms with Crippen molar-refractivity contribution in [2.75, 3.05) is 19.6 Å². The molecule has 1 saturated heterocycles. The molecule has 3 rings (SSSR count). The Labute approximate surface area is 126 Å². The number of benzene rings is 1. The van der Waals surface area contributed by atoms with Gasteiger partial charge in [0.25, 0.3) is 0 Å². The zero-order valence-electron chi connectivity index (χ0n) is 12.5. The lowest BCUT2D eigenvalue weighted by molar-refractivity contribution is 0.211. The SMILES string of the molecule is CC1(c2ccccc2)CN(Cc2ccncn2)CCCN1. The summed E-state index contributed by atoms with van der Waals surface area (Å²) in [4.78, 5) is 10.8. The Morgan fingerprint density at radius 3 is 2.86 bits per heavy atom. The maximum Gasteiger partial charge on any atom is 0.115 e. The van der Waals surface area contributed by atoms with E-state index in [4.69, 9.17) is 0 Å². The molecule has 0 spiro atoms. The summed E-state index contributed by atoms with van der Waals surface area (Å²) in [5.41, 5.74) is 2.42. The maximum absolute atomic E-state index is 4.35. The van der Waals surface area contributed by atoms with E-state index in [1.54, 1.807) is 6.33 Å². The predicted molar refractivity (Wildman–Crippen MR) is 83.7 cm³/mol. The van der Waals surface area contributed by atoms with Crippen LogP contribution in [0.5, 0.6) is 0 Å². The van der Waals surface area contributed by atoms with Crippen LogP contribution in [-0.2, 0) is 12.1 Å². The van der Waals surface area contributed by atoms with E-state index < -0.39 is 0 Å². The third-order valence-electron chi connectivity index (χ3n) is 4.15. The first-order chi connectivity index (χ1) is 10.3. The molecule has 110 valence electrons. The van der Waals surface area contributed by atoms with Gasteiger partial charge in [0.2, 0.25) is 0 Å². The molecule has 0 amide bonds. The van der Waals surface area contributed by atoms with Crippen LogP contribution in [0.2, 0.25) is 0 Å². The molecule has 1 unspecified atom stereocenters. The second-order valence-corrected chi connectivity index (χ2v) is 5.89. The summed E-state index contributed by atoms with van der Waals surface area (Å²) in [5.74, 6) is 0. The lowest BCUT2D eigenvalue weighted by Gasteiger charge is -2.34. The predicted octanol–water partition coefficient (Wildman–Crippen LogP) is 2.19. The molecular weight excluding hydrogens is 260 g/mol. The van der Waals surface area contributed by atoms with Gasteiger partial charge in [-0.25, -0.2) is 9.97 Å². The Hall–Kier alpha value is -1.78. The Morgan fingerprint density at radius 1 is 1.24 bits per heavy atom. The van der Waals surface area contributed by atoms with Crippen LogP contribution in [0.25, 0.3) is 0 Å². The molecule has 1 aliphatic rings. The Kier molecular flexibility index (Phi) is 4.27. The Balaban J connectivity index is 1.77. The van der Waals surface area contributed by atoms with Crippen LogP contribution in [0.4, 0.5) is 0 Å². The second kappa shape index (κ2) is 6.33. The Morgan fingerprint density at radius 2 is 2.10 bits per heavy atom. The van der Waals surface area contributed by atoms with Crippen LogP contribution in [0.3, 0.4) is 0 Å². The van der Waals surface area contributed by atoms with E-state index in [-0.39, 0.29) is 5.54 Å². The van der Waals surface area contributed by atoms with E-state index in [1.807, 2.05) is 12.3 Å². The zero-order chi connectivity index (χ0) is 14.5. The van der Waals surface area contributed by atoms with Crippen LogP contribution in [0, 0.1) is 0 Å². The maximum atomic E-state index is 4.35. The van der Waals surface area contributed by atoms with E-state index >= 15 is 0 Å². The fourth-order valence-corrected chi connectivity index (χ4v) is 3.02. The average molecular weight is 282 g/mol. The van der Waals surface area contributed by atoms with Crippen molar-refractivity contribution in [3.8, 4) is 0 Å². The van der Waals surface area contributed by atoms with E-state index in [0.717, 1.165) is 38.3 Å². The van der Waals surface area contributed by atoms with Gasteiger partial charge in [0.15, 0.2) is 0 Å². The summed E-state index contributed by atoms with van der Waals surface area (Å²) in [7, 11) is 0. The van der Waals surface area contributed by atoms with Gasteiger partial charge in [0, 0.05) is 19.3 Å². The first-order valence-corrected chi connectivity index (χ1v) is 7.54. The normalized spacial score (nSPS) is 23.7. The molecule has 2 heterocycles. The highest BCUT2D eigenvalue weighted by Gasteiger charge is 2.30. The third-order valence-corrected chi connectivity index (χ3v) is 4.15. The smallest absolute Gasteiger partial charge is 0.115 e. The minimum absolute atomic E-state index is 0.00914. The van der Waals surface area contributed by atoms with Gasteiger partial charge < -0.3 is 5.32 Å². The topological polar surface area (TPSA) is 41.1 Å². The lowest BCUT2D eigenvalue weighted by atomic mass is 9.91. The van der Waals surface area contributed by atoms with Crippen molar-refractivity contribution in [3.63, 3.8) is 0 Å². The molecule has 0 radical (unpaired) electrons. The molecule has 2 aromatic rings. The van der Waals surface area contributed by atoms with Gasteiger partial charge in [-0.3, -0.25) is 4.90 Å². The van der Waals surface area contributed by atoms with Crippen molar-refractivity contribution in [1.82, 2.24) is 20.2 Å². The molecule has 1 fully saturated rings. The van der Waals surface area contributed by atoms with Gasteiger partial charge in [0.1, 0.15) is 6.33 Å². The second-order valence-electron chi connectivity index (χ2n) is 5.89. The van der Waals surface area contributed by atoms with Crippen molar-refractivity contribution in [3.05, 3.63) is 60.2 Å². The van der Waals surface area contributed by atoms with Crippen molar-refractivity contribution >= 4 is 0 Å². The number of hydrogen-bond donors (Lipinski definition) is 1. The molecule has 1 aromatic heterocycles. The van der Waals surface area contributed by atoms with Gasteiger partial charge in [-0.15, -0.1) is 0 Å². The molecule has 1 aromatic carbocycles. The van der Waals surface area contributed by atoms with Crippen LogP contribution < -0.4 is 5.32 Å². The van der Waals surface area contributed by atoms with Crippen molar-refractivity contribution in [2.24, 2.45) is 0 Å². The first-order valence-electron chi connectivity index (χ1n) is 7.54.